The Morgan fingerprint density at radius 1 is 1.17 bits per heavy atom. The first kappa shape index (κ1) is 17.2. The maximum absolute atomic E-state index is 12.6. The molecule has 0 bridgehead atoms. The average Bonchev–Trinajstić information content (AvgIpc) is 2.54. The van der Waals surface area contributed by atoms with Crippen LogP contribution in [0.1, 0.15) is 22.8 Å². The fraction of sp³-hybridized carbons (Fsp3) is 0.118. The van der Waals surface area contributed by atoms with Crippen LogP contribution in [0.2, 0.25) is 10.2 Å². The summed E-state index contributed by atoms with van der Waals surface area (Å²) in [6, 6.07) is 9.80. The number of carbonyl (C=O) groups excluding carboxylic acids is 2. The van der Waals surface area contributed by atoms with Gasteiger partial charge in [0.25, 0.3) is 0 Å². The highest BCUT2D eigenvalue weighted by Gasteiger charge is 2.23. The van der Waals surface area contributed by atoms with E-state index in [-0.39, 0.29) is 22.9 Å². The van der Waals surface area contributed by atoms with Crippen molar-refractivity contribution in [3.8, 4) is 0 Å². The third-order valence-corrected chi connectivity index (χ3v) is 3.48. The second-order valence-electron chi connectivity index (χ2n) is 4.50. The molecular formula is C17H13Cl2NO3. The maximum atomic E-state index is 12.6. The van der Waals surface area contributed by atoms with Gasteiger partial charge in [0.05, 0.1) is 12.2 Å². The Kier molecular flexibility index (Phi) is 5.90. The topological polar surface area (TPSA) is 56.3 Å². The van der Waals surface area contributed by atoms with E-state index in [1.807, 2.05) is 0 Å². The highest BCUT2D eigenvalue weighted by molar-refractivity contribution is 6.36. The molecule has 1 aromatic heterocycles. The van der Waals surface area contributed by atoms with Crippen LogP contribution < -0.4 is 0 Å². The summed E-state index contributed by atoms with van der Waals surface area (Å²) in [7, 11) is 0. The van der Waals surface area contributed by atoms with Crippen LogP contribution in [0.5, 0.6) is 0 Å². The molecule has 0 amide bonds. The third kappa shape index (κ3) is 4.41. The summed E-state index contributed by atoms with van der Waals surface area (Å²) in [5.74, 6) is -1.26. The van der Waals surface area contributed by atoms with Gasteiger partial charge in [0.1, 0.15) is 10.7 Å². The molecule has 0 aliphatic heterocycles. The number of benzene rings is 1. The van der Waals surface area contributed by atoms with E-state index in [4.69, 9.17) is 27.9 Å². The molecule has 0 fully saturated rings. The van der Waals surface area contributed by atoms with Gasteiger partial charge in [-0.25, -0.2) is 9.78 Å². The highest BCUT2D eigenvalue weighted by atomic mass is 35.5. The normalized spacial score (nSPS) is 11.2. The molecule has 4 nitrogen and oxygen atoms in total. The number of pyridine rings is 1. The zero-order chi connectivity index (χ0) is 16.8. The van der Waals surface area contributed by atoms with Gasteiger partial charge < -0.3 is 4.74 Å². The minimum atomic E-state index is -0.715. The Hall–Kier alpha value is -2.17. The van der Waals surface area contributed by atoms with Gasteiger partial charge in [0.2, 0.25) is 5.78 Å². The summed E-state index contributed by atoms with van der Waals surface area (Å²) < 4.78 is 4.96. The van der Waals surface area contributed by atoms with E-state index in [2.05, 4.69) is 4.98 Å². The van der Waals surface area contributed by atoms with Gasteiger partial charge in [-0.05, 0) is 42.8 Å². The van der Waals surface area contributed by atoms with Gasteiger partial charge in [0, 0.05) is 11.2 Å². The van der Waals surface area contributed by atoms with Crippen molar-refractivity contribution < 1.29 is 14.3 Å². The second kappa shape index (κ2) is 7.90. The monoisotopic (exact) mass is 349 g/mol. The number of ketones is 1. The number of Topliss-reactive ketones (excluding diaryl/α,β-unsaturated/α-hetero) is 1. The van der Waals surface area contributed by atoms with Gasteiger partial charge >= 0.3 is 5.97 Å². The number of halogens is 2. The van der Waals surface area contributed by atoms with Crippen LogP contribution in [0.25, 0.3) is 6.08 Å². The van der Waals surface area contributed by atoms with Gasteiger partial charge in [-0.2, -0.15) is 0 Å². The van der Waals surface area contributed by atoms with E-state index in [1.54, 1.807) is 37.3 Å². The molecule has 1 aromatic carbocycles. The summed E-state index contributed by atoms with van der Waals surface area (Å²) in [5.41, 5.74) is 0.664. The predicted octanol–water partition coefficient (Wildman–Crippen LogP) is 4.22. The first-order valence-corrected chi connectivity index (χ1v) is 7.58. The minimum absolute atomic E-state index is 0.0313. The van der Waals surface area contributed by atoms with E-state index in [0.29, 0.717) is 10.6 Å². The van der Waals surface area contributed by atoms with E-state index >= 15 is 0 Å². The molecule has 0 atom stereocenters. The fourth-order valence-corrected chi connectivity index (χ4v) is 2.18. The summed E-state index contributed by atoms with van der Waals surface area (Å²) in [6.45, 7) is 1.82. The number of esters is 1. The van der Waals surface area contributed by atoms with Crippen molar-refractivity contribution in [2.24, 2.45) is 0 Å². The van der Waals surface area contributed by atoms with Gasteiger partial charge in [-0.3, -0.25) is 4.79 Å². The molecule has 23 heavy (non-hydrogen) atoms. The SMILES string of the molecule is CCOC(=O)C(=Cc1ccc(Cl)cc1)C(=O)c1cccnc1Cl. The lowest BCUT2D eigenvalue weighted by Gasteiger charge is -2.07. The summed E-state index contributed by atoms with van der Waals surface area (Å²) in [4.78, 5) is 28.6. The van der Waals surface area contributed by atoms with E-state index < -0.39 is 11.8 Å². The highest BCUT2D eigenvalue weighted by Crippen LogP contribution is 2.20. The summed E-state index contributed by atoms with van der Waals surface area (Å²) in [5, 5.41) is 0.588. The lowest BCUT2D eigenvalue weighted by Crippen LogP contribution is -2.16. The quantitative estimate of drug-likeness (QED) is 0.202. The Balaban J connectivity index is 2.46. The molecule has 0 aliphatic carbocycles. The van der Waals surface area contributed by atoms with Crippen molar-refractivity contribution in [3.05, 3.63) is 69.5 Å². The smallest absolute Gasteiger partial charge is 0.342 e. The number of rotatable bonds is 5. The van der Waals surface area contributed by atoms with Crippen molar-refractivity contribution >= 4 is 41.0 Å². The number of carbonyl (C=O) groups is 2. The molecule has 0 saturated carbocycles. The standard InChI is InChI=1S/C17H13Cl2NO3/c1-2-23-17(22)14(10-11-5-7-12(18)8-6-11)15(21)13-4-3-9-20-16(13)19/h3-10H,2H2,1H3. The van der Waals surface area contributed by atoms with Gasteiger partial charge in [0.15, 0.2) is 0 Å². The zero-order valence-corrected chi connectivity index (χ0v) is 13.8. The van der Waals surface area contributed by atoms with Crippen LogP contribution in [0, 0.1) is 0 Å². The van der Waals surface area contributed by atoms with Crippen molar-refractivity contribution in [3.63, 3.8) is 0 Å². The van der Waals surface area contributed by atoms with E-state index in [1.165, 1.54) is 18.3 Å². The van der Waals surface area contributed by atoms with Crippen LogP contribution >= 0.6 is 23.2 Å². The lowest BCUT2D eigenvalue weighted by molar-refractivity contribution is -0.137. The Morgan fingerprint density at radius 3 is 2.48 bits per heavy atom. The van der Waals surface area contributed by atoms with Crippen molar-refractivity contribution in [1.29, 1.82) is 0 Å². The first-order valence-electron chi connectivity index (χ1n) is 6.82. The van der Waals surface area contributed by atoms with Crippen LogP contribution in [0.3, 0.4) is 0 Å². The number of ether oxygens (including phenoxy) is 1. The molecule has 6 heteroatoms. The second-order valence-corrected chi connectivity index (χ2v) is 5.30. The summed E-state index contributed by atoms with van der Waals surface area (Å²) in [6.07, 6.45) is 2.91. The minimum Gasteiger partial charge on any atom is -0.462 e. The van der Waals surface area contributed by atoms with Crippen LogP contribution in [0.15, 0.2) is 48.2 Å². The first-order chi connectivity index (χ1) is 11.0. The van der Waals surface area contributed by atoms with Crippen molar-refractivity contribution in [2.75, 3.05) is 6.61 Å². The zero-order valence-electron chi connectivity index (χ0n) is 12.3. The average molecular weight is 350 g/mol. The molecule has 0 spiro atoms. The van der Waals surface area contributed by atoms with Crippen LogP contribution in [-0.4, -0.2) is 23.3 Å². The fourth-order valence-electron chi connectivity index (χ4n) is 1.85. The third-order valence-electron chi connectivity index (χ3n) is 2.92. The number of nitrogens with zero attached hydrogens (tertiary/aromatic N) is 1. The Labute approximate surface area is 143 Å². The number of aromatic nitrogens is 1. The molecule has 0 radical (unpaired) electrons. The molecule has 118 valence electrons. The number of hydrogen-bond donors (Lipinski definition) is 0. The molecule has 0 aliphatic rings. The molecule has 2 aromatic rings. The predicted molar refractivity (Wildman–Crippen MR) is 89.6 cm³/mol. The number of hydrogen-bond acceptors (Lipinski definition) is 4. The van der Waals surface area contributed by atoms with Gasteiger partial charge in [-0.15, -0.1) is 0 Å². The summed E-state index contributed by atoms with van der Waals surface area (Å²) >= 11 is 11.8. The van der Waals surface area contributed by atoms with Crippen molar-refractivity contribution in [2.45, 2.75) is 6.92 Å². The Morgan fingerprint density at radius 2 is 1.87 bits per heavy atom. The molecule has 2 rings (SSSR count). The van der Waals surface area contributed by atoms with Gasteiger partial charge in [-0.1, -0.05) is 35.3 Å². The lowest BCUT2D eigenvalue weighted by atomic mass is 10.0. The maximum Gasteiger partial charge on any atom is 0.342 e. The molecule has 0 unspecified atom stereocenters. The van der Waals surface area contributed by atoms with Crippen molar-refractivity contribution in [1.82, 2.24) is 4.98 Å². The largest absolute Gasteiger partial charge is 0.462 e. The molecule has 0 N–H and O–H groups in total. The van der Waals surface area contributed by atoms with Crippen LogP contribution in [0.4, 0.5) is 0 Å². The molecule has 0 saturated heterocycles. The Bertz CT molecular complexity index is 755. The van der Waals surface area contributed by atoms with E-state index in [9.17, 15) is 9.59 Å². The van der Waals surface area contributed by atoms with Crippen LogP contribution in [-0.2, 0) is 9.53 Å². The molecule has 1 heterocycles. The van der Waals surface area contributed by atoms with E-state index in [0.717, 1.165) is 0 Å². The molecular weight excluding hydrogens is 337 g/mol.